The topological polar surface area (TPSA) is 36.1 Å². The minimum atomic E-state index is -0.0292. The van der Waals surface area contributed by atoms with Crippen molar-refractivity contribution in [3.05, 3.63) is 64.8 Å². The largest absolute Gasteiger partial charge is 0.362 e. The molecule has 0 saturated carbocycles. The van der Waals surface area contributed by atoms with Gasteiger partial charge in [-0.1, -0.05) is 54.3 Å². The number of nitrogens with zero attached hydrogens (tertiary/aromatic N) is 1. The van der Waals surface area contributed by atoms with E-state index in [2.05, 4.69) is 4.98 Å². The van der Waals surface area contributed by atoms with Crippen LogP contribution < -0.4 is 0 Å². The lowest BCUT2D eigenvalue weighted by molar-refractivity contribution is -0.122. The van der Waals surface area contributed by atoms with Gasteiger partial charge in [0.15, 0.2) is 0 Å². The van der Waals surface area contributed by atoms with Crippen LogP contribution in [-0.4, -0.2) is 20.1 Å². The third-order valence-electron chi connectivity index (χ3n) is 2.97. The van der Waals surface area contributed by atoms with E-state index in [9.17, 15) is 4.79 Å². The van der Waals surface area contributed by atoms with Gasteiger partial charge in [-0.15, -0.1) is 0 Å². The molecule has 1 N–H and O–H groups in total. The van der Waals surface area contributed by atoms with Gasteiger partial charge in [0, 0.05) is 11.9 Å². The molecule has 0 radical (unpaired) electrons. The van der Waals surface area contributed by atoms with Crippen molar-refractivity contribution in [2.75, 3.05) is 0 Å². The van der Waals surface area contributed by atoms with Crippen LogP contribution in [0.2, 0.25) is 0 Å². The Morgan fingerprint density at radius 2 is 2.00 bits per heavy atom. The van der Waals surface area contributed by atoms with Crippen molar-refractivity contribution in [2.24, 2.45) is 0 Å². The molecule has 1 aromatic heterocycles. The second-order valence-corrected chi connectivity index (χ2v) is 6.05. The van der Waals surface area contributed by atoms with Gasteiger partial charge in [-0.05, 0) is 23.8 Å². The molecule has 5 heteroatoms. The van der Waals surface area contributed by atoms with Gasteiger partial charge in [-0.2, -0.15) is 0 Å². The average Bonchev–Trinajstić information content (AvgIpc) is 3.05. The number of thioether (sulfide) groups is 1. The number of thiocarbonyl (C=S) groups is 1. The number of aromatic nitrogens is 1. The highest BCUT2D eigenvalue weighted by Gasteiger charge is 2.31. The van der Waals surface area contributed by atoms with E-state index in [1.165, 1.54) is 11.8 Å². The minimum Gasteiger partial charge on any atom is -0.362 e. The Morgan fingerprint density at radius 3 is 2.70 bits per heavy atom. The molecule has 0 unspecified atom stereocenters. The van der Waals surface area contributed by atoms with Gasteiger partial charge in [-0.3, -0.25) is 9.69 Å². The molecule has 1 fully saturated rings. The Kier molecular flexibility index (Phi) is 3.71. The molecule has 0 atom stereocenters. The number of amides is 1. The van der Waals surface area contributed by atoms with Crippen LogP contribution in [-0.2, 0) is 11.3 Å². The maximum Gasteiger partial charge on any atom is 0.266 e. The fourth-order valence-corrected chi connectivity index (χ4v) is 3.22. The number of carbonyl (C=O) groups is 1. The van der Waals surface area contributed by atoms with Gasteiger partial charge in [0.05, 0.1) is 11.4 Å². The molecule has 0 bridgehead atoms. The number of aromatic amines is 1. The van der Waals surface area contributed by atoms with Crippen LogP contribution in [0.15, 0.2) is 53.6 Å². The number of nitrogens with one attached hydrogen (secondary N) is 1. The highest BCUT2D eigenvalue weighted by atomic mass is 32.2. The molecule has 1 saturated heterocycles. The minimum absolute atomic E-state index is 0.0292. The van der Waals surface area contributed by atoms with Crippen LogP contribution in [0.1, 0.15) is 11.3 Å². The van der Waals surface area contributed by atoms with Crippen LogP contribution in [0.25, 0.3) is 6.08 Å². The summed E-state index contributed by atoms with van der Waals surface area (Å²) in [5.41, 5.74) is 1.98. The molecule has 100 valence electrons. The summed E-state index contributed by atoms with van der Waals surface area (Å²) in [4.78, 5) is 17.7. The summed E-state index contributed by atoms with van der Waals surface area (Å²) in [6, 6.07) is 13.7. The summed E-state index contributed by atoms with van der Waals surface area (Å²) < 4.78 is 0.608. The molecule has 0 aliphatic carbocycles. The normalized spacial score (nSPS) is 17.2. The lowest BCUT2D eigenvalue weighted by atomic mass is 10.2. The first-order valence-corrected chi connectivity index (χ1v) is 7.39. The number of rotatable bonds is 3. The third kappa shape index (κ3) is 2.69. The van der Waals surface area contributed by atoms with E-state index >= 15 is 0 Å². The molecule has 3 nitrogen and oxygen atoms in total. The molecule has 3 rings (SSSR count). The number of carbonyl (C=O) groups excluding carboxylic acids is 1. The van der Waals surface area contributed by atoms with Gasteiger partial charge >= 0.3 is 0 Å². The highest BCUT2D eigenvalue weighted by Crippen LogP contribution is 2.33. The van der Waals surface area contributed by atoms with Crippen LogP contribution in [0, 0.1) is 0 Å². The summed E-state index contributed by atoms with van der Waals surface area (Å²) in [6.07, 6.45) is 3.67. The van der Waals surface area contributed by atoms with E-state index in [4.69, 9.17) is 12.2 Å². The Balaban J connectivity index is 1.81. The van der Waals surface area contributed by atoms with Gasteiger partial charge in [0.25, 0.3) is 5.91 Å². The van der Waals surface area contributed by atoms with E-state index in [1.54, 1.807) is 4.90 Å². The molecule has 1 aliphatic rings. The van der Waals surface area contributed by atoms with E-state index in [1.807, 2.05) is 54.7 Å². The maximum atomic E-state index is 12.4. The molecule has 1 aromatic carbocycles. The van der Waals surface area contributed by atoms with Crippen LogP contribution >= 0.6 is 24.0 Å². The maximum absolute atomic E-state index is 12.4. The highest BCUT2D eigenvalue weighted by molar-refractivity contribution is 8.26. The zero-order valence-corrected chi connectivity index (χ0v) is 12.2. The van der Waals surface area contributed by atoms with Crippen LogP contribution in [0.3, 0.4) is 0 Å². The van der Waals surface area contributed by atoms with E-state index in [-0.39, 0.29) is 5.91 Å². The number of benzene rings is 1. The standard InChI is InChI=1S/C15H12N2OS2/c18-14-13(9-12-7-4-8-16-12)20-15(19)17(14)10-11-5-2-1-3-6-11/h1-9,16H,10H2/b13-9+. The summed E-state index contributed by atoms with van der Waals surface area (Å²) in [5.74, 6) is -0.0292. The monoisotopic (exact) mass is 300 g/mol. The van der Waals surface area contributed by atoms with Crippen molar-refractivity contribution in [1.82, 2.24) is 9.88 Å². The Morgan fingerprint density at radius 1 is 1.20 bits per heavy atom. The van der Waals surface area contributed by atoms with Crippen molar-refractivity contribution in [2.45, 2.75) is 6.54 Å². The van der Waals surface area contributed by atoms with E-state index in [0.717, 1.165) is 11.3 Å². The Hall–Kier alpha value is -1.85. The Bertz CT molecular complexity index is 662. The number of hydrogen-bond donors (Lipinski definition) is 1. The fourth-order valence-electron chi connectivity index (χ4n) is 1.98. The summed E-state index contributed by atoms with van der Waals surface area (Å²) >= 11 is 6.65. The zero-order valence-electron chi connectivity index (χ0n) is 10.6. The average molecular weight is 300 g/mol. The van der Waals surface area contributed by atoms with Crippen molar-refractivity contribution < 1.29 is 4.79 Å². The smallest absolute Gasteiger partial charge is 0.266 e. The second kappa shape index (κ2) is 5.64. The summed E-state index contributed by atoms with van der Waals surface area (Å²) in [6.45, 7) is 0.521. The molecule has 0 spiro atoms. The number of H-pyrrole nitrogens is 1. The molecule has 1 amide bonds. The van der Waals surface area contributed by atoms with E-state index in [0.29, 0.717) is 15.8 Å². The van der Waals surface area contributed by atoms with Crippen molar-refractivity contribution in [3.63, 3.8) is 0 Å². The lowest BCUT2D eigenvalue weighted by Gasteiger charge is -2.14. The van der Waals surface area contributed by atoms with Gasteiger partial charge in [0.1, 0.15) is 4.32 Å². The Labute approximate surface area is 126 Å². The van der Waals surface area contributed by atoms with Crippen molar-refractivity contribution in [1.29, 1.82) is 0 Å². The molecular weight excluding hydrogens is 288 g/mol. The number of hydrogen-bond acceptors (Lipinski definition) is 3. The fraction of sp³-hybridized carbons (Fsp3) is 0.0667. The third-order valence-corrected chi connectivity index (χ3v) is 4.34. The van der Waals surface area contributed by atoms with Crippen molar-refractivity contribution in [3.8, 4) is 0 Å². The molecule has 2 heterocycles. The van der Waals surface area contributed by atoms with Crippen LogP contribution in [0.4, 0.5) is 0 Å². The predicted octanol–water partition coefficient (Wildman–Crippen LogP) is 3.42. The zero-order chi connectivity index (χ0) is 13.9. The van der Waals surface area contributed by atoms with Gasteiger partial charge in [0.2, 0.25) is 0 Å². The molecule has 2 aromatic rings. The lowest BCUT2D eigenvalue weighted by Crippen LogP contribution is -2.27. The molecule has 1 aliphatic heterocycles. The quantitative estimate of drug-likeness (QED) is 0.697. The summed E-state index contributed by atoms with van der Waals surface area (Å²) in [7, 11) is 0. The molecular formula is C15H12N2OS2. The molecule has 20 heavy (non-hydrogen) atoms. The first kappa shape index (κ1) is 13.1. The SMILES string of the molecule is O=C1/C(=C\c2ccc[nH]2)SC(=S)N1Cc1ccccc1. The van der Waals surface area contributed by atoms with Crippen molar-refractivity contribution >= 4 is 40.3 Å². The first-order chi connectivity index (χ1) is 9.74. The van der Waals surface area contributed by atoms with Crippen LogP contribution in [0.5, 0.6) is 0 Å². The van der Waals surface area contributed by atoms with Gasteiger partial charge < -0.3 is 4.98 Å². The van der Waals surface area contributed by atoms with E-state index < -0.39 is 0 Å². The predicted molar refractivity (Wildman–Crippen MR) is 86.0 cm³/mol. The second-order valence-electron chi connectivity index (χ2n) is 4.38. The summed E-state index contributed by atoms with van der Waals surface area (Å²) in [5, 5.41) is 0. The van der Waals surface area contributed by atoms with Gasteiger partial charge in [-0.25, -0.2) is 0 Å². The first-order valence-electron chi connectivity index (χ1n) is 6.17.